The first kappa shape index (κ1) is 16.6. The summed E-state index contributed by atoms with van der Waals surface area (Å²) in [5.41, 5.74) is 0.200. The van der Waals surface area contributed by atoms with Gasteiger partial charge in [-0.15, -0.1) is 0 Å². The molecule has 0 aliphatic heterocycles. The molecule has 0 N–H and O–H groups in total. The molecule has 1 amide bonds. The van der Waals surface area contributed by atoms with E-state index in [4.69, 9.17) is 32.7 Å². The highest BCUT2D eigenvalue weighted by atomic mass is 35.5. The van der Waals surface area contributed by atoms with Crippen molar-refractivity contribution >= 4 is 46.4 Å². The average Bonchev–Trinajstić information content (AvgIpc) is 2.98. The number of rotatable bonds is 3. The van der Waals surface area contributed by atoms with Crippen molar-refractivity contribution in [2.75, 3.05) is 14.2 Å². The van der Waals surface area contributed by atoms with Crippen molar-refractivity contribution in [1.82, 2.24) is 18.7 Å². The maximum absolute atomic E-state index is 12.2. The Morgan fingerprint density at radius 2 is 2.04 bits per heavy atom. The van der Waals surface area contributed by atoms with Gasteiger partial charge >= 0.3 is 0 Å². The van der Waals surface area contributed by atoms with Crippen LogP contribution in [0.5, 0.6) is 11.8 Å². The molecule has 3 rings (SSSR count). The first-order valence-corrected chi connectivity index (χ1v) is 7.94. The minimum Gasteiger partial charge on any atom is -0.481 e. The number of carbonyl (C=O) groups excluding carboxylic acids is 1. The molecular formula is C13H9Cl2N5O3S. The van der Waals surface area contributed by atoms with E-state index < -0.39 is 5.91 Å². The molecule has 0 spiro atoms. The predicted molar refractivity (Wildman–Crippen MR) is 88.1 cm³/mol. The Morgan fingerprint density at radius 1 is 1.25 bits per heavy atom. The second-order valence-electron chi connectivity index (χ2n) is 4.33. The van der Waals surface area contributed by atoms with Crippen LogP contribution < -0.4 is 14.3 Å². The molecule has 11 heteroatoms. The standard InChI is InChI=1S/C13H9Cl2N5O3S/c1-22-8-4-9(23-2)20-12(17-8)19-13(24-20)18-11(21)6-3-7(14)10(15)16-5-6/h3-5H,1-2H3. The number of pyridine rings is 1. The van der Waals surface area contributed by atoms with Crippen LogP contribution in [0.4, 0.5) is 0 Å². The van der Waals surface area contributed by atoms with E-state index in [9.17, 15) is 4.79 Å². The molecule has 3 aromatic heterocycles. The second-order valence-corrected chi connectivity index (χ2v) is 6.01. The Kier molecular flexibility index (Phi) is 4.65. The summed E-state index contributed by atoms with van der Waals surface area (Å²) in [5, 5.41) is 0.286. The van der Waals surface area contributed by atoms with Crippen LogP contribution in [0.1, 0.15) is 10.4 Å². The number of hydrogen-bond acceptors (Lipinski definition) is 7. The molecule has 8 nitrogen and oxygen atoms in total. The van der Waals surface area contributed by atoms with Gasteiger partial charge in [-0.25, -0.2) is 4.98 Å². The summed E-state index contributed by atoms with van der Waals surface area (Å²) < 4.78 is 11.9. The summed E-state index contributed by atoms with van der Waals surface area (Å²) in [6.07, 6.45) is 1.29. The van der Waals surface area contributed by atoms with E-state index in [0.29, 0.717) is 17.5 Å². The zero-order valence-electron chi connectivity index (χ0n) is 12.4. The molecule has 0 aromatic carbocycles. The molecule has 3 heterocycles. The lowest BCUT2D eigenvalue weighted by Gasteiger charge is -2.03. The summed E-state index contributed by atoms with van der Waals surface area (Å²) in [5.74, 6) is 0.546. The van der Waals surface area contributed by atoms with Gasteiger partial charge in [0.2, 0.25) is 16.6 Å². The quantitative estimate of drug-likeness (QED) is 0.642. The van der Waals surface area contributed by atoms with Crippen molar-refractivity contribution in [3.8, 4) is 11.8 Å². The average molecular weight is 386 g/mol. The number of aromatic nitrogens is 4. The number of amides is 1. The lowest BCUT2D eigenvalue weighted by molar-refractivity contribution is 0.0998. The Hall–Kier alpha value is -2.23. The van der Waals surface area contributed by atoms with Gasteiger partial charge in [-0.05, 0) is 17.6 Å². The van der Waals surface area contributed by atoms with Crippen LogP contribution in [-0.4, -0.2) is 38.9 Å². The Balaban J connectivity index is 2.06. The Morgan fingerprint density at radius 3 is 2.71 bits per heavy atom. The normalized spacial score (nSPS) is 11.8. The summed E-state index contributed by atoms with van der Waals surface area (Å²) in [6.45, 7) is 0. The van der Waals surface area contributed by atoms with E-state index in [1.54, 1.807) is 9.86 Å². The number of hydrogen-bond donors (Lipinski definition) is 0. The molecule has 0 radical (unpaired) electrons. The number of halogens is 2. The number of fused-ring (bicyclic) bond motifs is 1. The van der Waals surface area contributed by atoms with Crippen LogP contribution in [0.25, 0.3) is 5.78 Å². The number of carbonyl (C=O) groups is 1. The second kappa shape index (κ2) is 6.71. The highest BCUT2D eigenvalue weighted by Crippen LogP contribution is 2.21. The molecular weight excluding hydrogens is 377 g/mol. The molecule has 0 aliphatic rings. The smallest absolute Gasteiger partial charge is 0.281 e. The van der Waals surface area contributed by atoms with Gasteiger partial charge in [0.05, 0.1) is 30.9 Å². The topological polar surface area (TPSA) is 91.0 Å². The summed E-state index contributed by atoms with van der Waals surface area (Å²) in [6, 6.07) is 2.99. The van der Waals surface area contributed by atoms with Crippen molar-refractivity contribution in [2.45, 2.75) is 0 Å². The molecule has 0 saturated heterocycles. The molecule has 24 heavy (non-hydrogen) atoms. The van der Waals surface area contributed by atoms with Gasteiger partial charge in [-0.2, -0.15) is 18.8 Å². The molecule has 124 valence electrons. The van der Waals surface area contributed by atoms with E-state index in [-0.39, 0.29) is 20.5 Å². The Labute approximate surface area is 149 Å². The monoisotopic (exact) mass is 385 g/mol. The van der Waals surface area contributed by atoms with E-state index in [1.165, 1.54) is 26.5 Å². The van der Waals surface area contributed by atoms with Gasteiger partial charge in [0.25, 0.3) is 11.7 Å². The number of methoxy groups -OCH3 is 2. The van der Waals surface area contributed by atoms with Gasteiger partial charge in [-0.1, -0.05) is 23.2 Å². The van der Waals surface area contributed by atoms with Gasteiger partial charge < -0.3 is 9.47 Å². The van der Waals surface area contributed by atoms with E-state index in [1.807, 2.05) is 0 Å². The SMILES string of the molecule is COc1cc(OC)n2sc(=NC(=O)c3cnc(Cl)c(Cl)c3)nc2n1. The number of ether oxygens (including phenoxy) is 2. The van der Waals surface area contributed by atoms with Crippen molar-refractivity contribution in [3.63, 3.8) is 0 Å². The van der Waals surface area contributed by atoms with Gasteiger partial charge in [-0.3, -0.25) is 4.79 Å². The van der Waals surface area contributed by atoms with Crippen LogP contribution >= 0.6 is 34.7 Å². The zero-order chi connectivity index (χ0) is 17.3. The first-order chi connectivity index (χ1) is 11.5. The first-order valence-electron chi connectivity index (χ1n) is 6.41. The lowest BCUT2D eigenvalue weighted by Crippen LogP contribution is -2.05. The maximum Gasteiger partial charge on any atom is 0.281 e. The third-order valence-electron chi connectivity index (χ3n) is 2.87. The Bertz CT molecular complexity index is 1000. The molecule has 3 aromatic rings. The van der Waals surface area contributed by atoms with Crippen LogP contribution in [0.3, 0.4) is 0 Å². The lowest BCUT2D eigenvalue weighted by atomic mass is 10.3. The third-order valence-corrected chi connectivity index (χ3v) is 4.42. The summed E-state index contributed by atoms with van der Waals surface area (Å²) >= 11 is 12.7. The predicted octanol–water partition coefficient (Wildman–Crippen LogP) is 2.25. The van der Waals surface area contributed by atoms with Crippen molar-refractivity contribution in [3.05, 3.63) is 38.9 Å². The van der Waals surface area contributed by atoms with E-state index in [2.05, 4.69) is 19.9 Å². The minimum absolute atomic E-state index is 0.116. The molecule has 0 atom stereocenters. The fourth-order valence-corrected chi connectivity index (χ4v) is 2.82. The fraction of sp³-hybridized carbons (Fsp3) is 0.154. The van der Waals surface area contributed by atoms with Gasteiger partial charge in [0, 0.05) is 6.20 Å². The molecule has 0 unspecified atom stereocenters. The third kappa shape index (κ3) is 3.18. The highest BCUT2D eigenvalue weighted by Gasteiger charge is 2.12. The minimum atomic E-state index is -0.549. The summed E-state index contributed by atoms with van der Waals surface area (Å²) in [4.78, 5) is 28.5. The maximum atomic E-state index is 12.2. The zero-order valence-corrected chi connectivity index (χ0v) is 14.7. The molecule has 0 bridgehead atoms. The van der Waals surface area contributed by atoms with Crippen LogP contribution in [-0.2, 0) is 0 Å². The van der Waals surface area contributed by atoms with Gasteiger partial charge in [0.15, 0.2) is 0 Å². The van der Waals surface area contributed by atoms with E-state index in [0.717, 1.165) is 11.5 Å². The highest BCUT2D eigenvalue weighted by molar-refractivity contribution is 7.03. The van der Waals surface area contributed by atoms with Crippen molar-refractivity contribution < 1.29 is 14.3 Å². The molecule has 0 aliphatic carbocycles. The van der Waals surface area contributed by atoms with Crippen molar-refractivity contribution in [2.24, 2.45) is 4.99 Å². The van der Waals surface area contributed by atoms with Crippen LogP contribution in [0.15, 0.2) is 23.3 Å². The largest absolute Gasteiger partial charge is 0.481 e. The van der Waals surface area contributed by atoms with Crippen LogP contribution in [0.2, 0.25) is 10.2 Å². The van der Waals surface area contributed by atoms with Gasteiger partial charge in [0.1, 0.15) is 5.15 Å². The molecule has 0 saturated carbocycles. The van der Waals surface area contributed by atoms with E-state index >= 15 is 0 Å². The fourth-order valence-electron chi connectivity index (χ4n) is 1.76. The van der Waals surface area contributed by atoms with Crippen molar-refractivity contribution in [1.29, 1.82) is 0 Å². The number of nitrogens with zero attached hydrogens (tertiary/aromatic N) is 5. The van der Waals surface area contributed by atoms with Crippen LogP contribution in [0, 0.1) is 0 Å². The molecule has 0 fully saturated rings. The summed E-state index contributed by atoms with van der Waals surface area (Å²) in [7, 11) is 2.99.